The first kappa shape index (κ1) is 13.0. The minimum atomic E-state index is -1.17. The molecular formula is C14H10F2O3. The molecule has 0 fully saturated rings. The van der Waals surface area contributed by atoms with Crippen molar-refractivity contribution >= 4 is 5.97 Å². The fraction of sp³-hybridized carbons (Fsp3) is 0.0714. The van der Waals surface area contributed by atoms with Crippen LogP contribution in [0.2, 0.25) is 0 Å². The molecule has 0 heterocycles. The van der Waals surface area contributed by atoms with Gasteiger partial charge < -0.3 is 9.84 Å². The molecule has 0 saturated heterocycles. The summed E-state index contributed by atoms with van der Waals surface area (Å²) < 4.78 is 31.3. The maximum absolute atomic E-state index is 13.0. The Morgan fingerprint density at radius 2 is 1.74 bits per heavy atom. The van der Waals surface area contributed by atoms with Crippen LogP contribution >= 0.6 is 0 Å². The monoisotopic (exact) mass is 264 g/mol. The molecule has 0 aliphatic heterocycles. The van der Waals surface area contributed by atoms with Crippen molar-refractivity contribution in [3.63, 3.8) is 0 Å². The normalized spacial score (nSPS) is 10.3. The zero-order valence-electron chi connectivity index (χ0n) is 9.98. The predicted molar refractivity (Wildman–Crippen MR) is 64.6 cm³/mol. The molecule has 2 aromatic rings. The van der Waals surface area contributed by atoms with E-state index in [1.807, 2.05) is 0 Å². The Kier molecular flexibility index (Phi) is 3.46. The van der Waals surface area contributed by atoms with Crippen LogP contribution in [0, 0.1) is 18.6 Å². The molecule has 2 rings (SSSR count). The molecule has 0 unspecified atom stereocenters. The Hall–Kier alpha value is -2.43. The van der Waals surface area contributed by atoms with E-state index < -0.39 is 17.6 Å². The van der Waals surface area contributed by atoms with Crippen LogP contribution in [0.15, 0.2) is 36.4 Å². The SMILES string of the molecule is Cc1ccc(Oc2cc(F)cc(F)c2)c(C(=O)O)c1. The molecule has 2 aromatic carbocycles. The summed E-state index contributed by atoms with van der Waals surface area (Å²) in [5, 5.41) is 9.05. The second-order valence-electron chi connectivity index (χ2n) is 4.01. The van der Waals surface area contributed by atoms with Crippen molar-refractivity contribution in [3.05, 3.63) is 59.2 Å². The van der Waals surface area contributed by atoms with Crippen molar-refractivity contribution in [3.8, 4) is 11.5 Å². The molecule has 98 valence electrons. The third kappa shape index (κ3) is 3.07. The number of ether oxygens (including phenoxy) is 1. The van der Waals surface area contributed by atoms with Crippen molar-refractivity contribution < 1.29 is 23.4 Å². The number of carbonyl (C=O) groups is 1. The summed E-state index contributed by atoms with van der Waals surface area (Å²) in [4.78, 5) is 11.1. The van der Waals surface area contributed by atoms with Gasteiger partial charge >= 0.3 is 5.97 Å². The Labute approximate surface area is 108 Å². The van der Waals surface area contributed by atoms with Gasteiger partial charge in [0.05, 0.1) is 0 Å². The van der Waals surface area contributed by atoms with Gasteiger partial charge in [0.1, 0.15) is 28.7 Å². The molecule has 0 amide bonds. The molecule has 0 aromatic heterocycles. The van der Waals surface area contributed by atoms with Gasteiger partial charge in [0, 0.05) is 18.2 Å². The molecule has 0 aliphatic carbocycles. The lowest BCUT2D eigenvalue weighted by Gasteiger charge is -2.09. The second-order valence-corrected chi connectivity index (χ2v) is 4.01. The highest BCUT2D eigenvalue weighted by atomic mass is 19.1. The third-order valence-electron chi connectivity index (χ3n) is 2.43. The van der Waals surface area contributed by atoms with Gasteiger partial charge in [-0.1, -0.05) is 11.6 Å². The summed E-state index contributed by atoms with van der Waals surface area (Å²) in [6.07, 6.45) is 0. The number of halogens is 2. The number of hydrogen-bond donors (Lipinski definition) is 1. The molecule has 19 heavy (non-hydrogen) atoms. The Morgan fingerprint density at radius 3 is 2.32 bits per heavy atom. The largest absolute Gasteiger partial charge is 0.478 e. The molecule has 0 bridgehead atoms. The highest BCUT2D eigenvalue weighted by Gasteiger charge is 2.13. The Morgan fingerprint density at radius 1 is 1.11 bits per heavy atom. The molecule has 0 atom stereocenters. The molecular weight excluding hydrogens is 254 g/mol. The van der Waals surface area contributed by atoms with E-state index in [9.17, 15) is 13.6 Å². The summed E-state index contributed by atoms with van der Waals surface area (Å²) >= 11 is 0. The van der Waals surface area contributed by atoms with E-state index in [1.165, 1.54) is 12.1 Å². The first-order valence-corrected chi connectivity index (χ1v) is 5.43. The first-order valence-electron chi connectivity index (χ1n) is 5.43. The summed E-state index contributed by atoms with van der Waals surface area (Å²) in [7, 11) is 0. The molecule has 1 N–H and O–H groups in total. The van der Waals surface area contributed by atoms with Crippen LogP contribution in [0.3, 0.4) is 0 Å². The first-order chi connectivity index (χ1) is 8.95. The lowest BCUT2D eigenvalue weighted by molar-refractivity contribution is 0.0694. The Balaban J connectivity index is 2.40. The van der Waals surface area contributed by atoms with Crippen LogP contribution in [0.5, 0.6) is 11.5 Å². The van der Waals surface area contributed by atoms with E-state index in [1.54, 1.807) is 13.0 Å². The van der Waals surface area contributed by atoms with Crippen molar-refractivity contribution in [1.29, 1.82) is 0 Å². The minimum absolute atomic E-state index is 0.0306. The van der Waals surface area contributed by atoms with Crippen LogP contribution < -0.4 is 4.74 Å². The molecule has 0 aliphatic rings. The fourth-order valence-corrected chi connectivity index (χ4v) is 1.61. The van der Waals surface area contributed by atoms with Crippen LogP contribution in [-0.4, -0.2) is 11.1 Å². The van der Waals surface area contributed by atoms with E-state index in [0.717, 1.165) is 17.7 Å². The summed E-state index contributed by atoms with van der Waals surface area (Å²) in [5.74, 6) is -2.82. The fourth-order valence-electron chi connectivity index (χ4n) is 1.61. The average Bonchev–Trinajstić information content (AvgIpc) is 2.30. The maximum Gasteiger partial charge on any atom is 0.339 e. The number of hydrogen-bond acceptors (Lipinski definition) is 2. The van der Waals surface area contributed by atoms with E-state index >= 15 is 0 Å². The van der Waals surface area contributed by atoms with Gasteiger partial charge in [0.25, 0.3) is 0 Å². The predicted octanol–water partition coefficient (Wildman–Crippen LogP) is 3.76. The maximum atomic E-state index is 13.0. The van der Waals surface area contributed by atoms with Gasteiger partial charge in [-0.15, -0.1) is 0 Å². The van der Waals surface area contributed by atoms with Gasteiger partial charge in [-0.3, -0.25) is 0 Å². The lowest BCUT2D eigenvalue weighted by atomic mass is 10.1. The lowest BCUT2D eigenvalue weighted by Crippen LogP contribution is -2.00. The van der Waals surface area contributed by atoms with Crippen molar-refractivity contribution in [1.82, 2.24) is 0 Å². The van der Waals surface area contributed by atoms with E-state index in [2.05, 4.69) is 0 Å². The molecule has 0 spiro atoms. The smallest absolute Gasteiger partial charge is 0.339 e. The summed E-state index contributed by atoms with van der Waals surface area (Å²) in [5.41, 5.74) is 0.680. The highest BCUT2D eigenvalue weighted by Crippen LogP contribution is 2.27. The highest BCUT2D eigenvalue weighted by molar-refractivity contribution is 5.91. The zero-order chi connectivity index (χ0) is 14.0. The quantitative estimate of drug-likeness (QED) is 0.918. The van der Waals surface area contributed by atoms with Crippen molar-refractivity contribution in [2.45, 2.75) is 6.92 Å². The van der Waals surface area contributed by atoms with Gasteiger partial charge in [0.2, 0.25) is 0 Å². The van der Waals surface area contributed by atoms with Gasteiger partial charge in [-0.05, 0) is 19.1 Å². The second kappa shape index (κ2) is 5.06. The number of benzene rings is 2. The number of aromatic carboxylic acids is 1. The van der Waals surface area contributed by atoms with Gasteiger partial charge in [-0.2, -0.15) is 0 Å². The van der Waals surface area contributed by atoms with Gasteiger partial charge in [-0.25, -0.2) is 13.6 Å². The Bertz CT molecular complexity index is 618. The minimum Gasteiger partial charge on any atom is -0.478 e. The number of carboxylic acids is 1. The van der Waals surface area contributed by atoms with Crippen LogP contribution in [-0.2, 0) is 0 Å². The summed E-state index contributed by atoms with van der Waals surface area (Å²) in [6, 6.07) is 7.19. The van der Waals surface area contributed by atoms with Crippen LogP contribution in [0.25, 0.3) is 0 Å². The number of carboxylic acid groups (broad SMARTS) is 1. The molecule has 3 nitrogen and oxygen atoms in total. The summed E-state index contributed by atoms with van der Waals surface area (Å²) in [6.45, 7) is 1.73. The van der Waals surface area contributed by atoms with Gasteiger partial charge in [0.15, 0.2) is 0 Å². The number of aryl methyl sites for hydroxylation is 1. The molecule has 0 saturated carbocycles. The van der Waals surface area contributed by atoms with E-state index in [0.29, 0.717) is 6.07 Å². The van der Waals surface area contributed by atoms with E-state index in [4.69, 9.17) is 9.84 Å². The zero-order valence-corrected chi connectivity index (χ0v) is 9.98. The van der Waals surface area contributed by atoms with E-state index in [-0.39, 0.29) is 17.1 Å². The number of rotatable bonds is 3. The van der Waals surface area contributed by atoms with Crippen molar-refractivity contribution in [2.24, 2.45) is 0 Å². The third-order valence-corrected chi connectivity index (χ3v) is 2.43. The van der Waals surface area contributed by atoms with Crippen molar-refractivity contribution in [2.75, 3.05) is 0 Å². The topological polar surface area (TPSA) is 46.5 Å². The molecule has 5 heteroatoms. The van der Waals surface area contributed by atoms with Crippen LogP contribution in [0.4, 0.5) is 8.78 Å². The van der Waals surface area contributed by atoms with Crippen LogP contribution in [0.1, 0.15) is 15.9 Å². The standard InChI is InChI=1S/C14H10F2O3/c1-8-2-3-13(12(4-8)14(17)18)19-11-6-9(15)5-10(16)7-11/h2-7H,1H3,(H,17,18). The average molecular weight is 264 g/mol. The molecule has 0 radical (unpaired) electrons.